The van der Waals surface area contributed by atoms with Crippen LogP contribution in [-0.2, 0) is 4.74 Å². The molecule has 1 aromatic rings. The first kappa shape index (κ1) is 13.6. The van der Waals surface area contributed by atoms with Crippen molar-refractivity contribution in [3.8, 4) is 0 Å². The average molecular weight is 289 g/mol. The zero-order valence-electron chi connectivity index (χ0n) is 9.95. The summed E-state index contributed by atoms with van der Waals surface area (Å²) in [6.45, 7) is 2.69. The van der Waals surface area contributed by atoms with E-state index in [4.69, 9.17) is 27.9 Å². The topological polar surface area (TPSA) is 51.2 Å². The number of carbonyl (C=O) groups excluding carboxylic acids is 1. The van der Waals surface area contributed by atoms with Gasteiger partial charge in [0.15, 0.2) is 0 Å². The second-order valence-corrected chi connectivity index (χ2v) is 5.09. The number of halogens is 2. The molecule has 1 fully saturated rings. The van der Waals surface area contributed by atoms with Crippen LogP contribution in [0.25, 0.3) is 0 Å². The van der Waals surface area contributed by atoms with Crippen LogP contribution in [0, 0.1) is 0 Å². The summed E-state index contributed by atoms with van der Waals surface area (Å²) in [5.41, 5.74) is 0.407. The van der Waals surface area contributed by atoms with E-state index in [-0.39, 0.29) is 28.4 Å². The first-order valence-electron chi connectivity index (χ1n) is 5.82. The molecule has 4 nitrogen and oxygen atoms in total. The number of ether oxygens (including phenoxy) is 1. The summed E-state index contributed by atoms with van der Waals surface area (Å²) in [5.74, 6) is -0.218. The first-order valence-corrected chi connectivity index (χ1v) is 6.57. The standard InChI is InChI=1S/C12H14Cl2N2O2/c1-7(9-3-2-4-18-9)15-12(17)8-5-10(13)16-11(14)6-8/h5-7,9H,2-4H2,1H3,(H,15,17)/t7-,9-/m0/s1. The predicted molar refractivity (Wildman–Crippen MR) is 70.2 cm³/mol. The molecule has 0 aliphatic carbocycles. The second-order valence-electron chi connectivity index (χ2n) is 4.31. The van der Waals surface area contributed by atoms with Gasteiger partial charge < -0.3 is 10.1 Å². The average Bonchev–Trinajstić information content (AvgIpc) is 2.80. The number of amides is 1. The molecule has 2 atom stereocenters. The fraction of sp³-hybridized carbons (Fsp3) is 0.500. The van der Waals surface area contributed by atoms with Crippen LogP contribution >= 0.6 is 23.2 Å². The molecule has 1 aliphatic rings. The van der Waals surface area contributed by atoms with Crippen molar-refractivity contribution in [1.29, 1.82) is 0 Å². The van der Waals surface area contributed by atoms with Crippen LogP contribution in [0.2, 0.25) is 10.3 Å². The summed E-state index contributed by atoms with van der Waals surface area (Å²) >= 11 is 11.5. The van der Waals surface area contributed by atoms with Crippen LogP contribution in [0.5, 0.6) is 0 Å². The van der Waals surface area contributed by atoms with E-state index in [9.17, 15) is 4.79 Å². The quantitative estimate of drug-likeness (QED) is 0.870. The lowest BCUT2D eigenvalue weighted by Gasteiger charge is -2.20. The third-order valence-electron chi connectivity index (χ3n) is 2.91. The van der Waals surface area contributed by atoms with Crippen molar-refractivity contribution in [1.82, 2.24) is 10.3 Å². The molecule has 2 heterocycles. The minimum absolute atomic E-state index is 0.0364. The highest BCUT2D eigenvalue weighted by Gasteiger charge is 2.24. The summed E-state index contributed by atoms with van der Waals surface area (Å²) in [7, 11) is 0. The number of rotatable bonds is 3. The van der Waals surface area contributed by atoms with Crippen molar-refractivity contribution in [3.05, 3.63) is 28.0 Å². The van der Waals surface area contributed by atoms with Crippen molar-refractivity contribution < 1.29 is 9.53 Å². The van der Waals surface area contributed by atoms with Gasteiger partial charge >= 0.3 is 0 Å². The van der Waals surface area contributed by atoms with E-state index in [2.05, 4.69) is 10.3 Å². The van der Waals surface area contributed by atoms with Crippen LogP contribution in [-0.4, -0.2) is 29.6 Å². The molecule has 1 aromatic heterocycles. The number of aromatic nitrogens is 1. The molecular formula is C12H14Cl2N2O2. The Morgan fingerprint density at radius 1 is 1.50 bits per heavy atom. The van der Waals surface area contributed by atoms with Crippen LogP contribution in [0.1, 0.15) is 30.1 Å². The molecule has 0 bridgehead atoms. The second kappa shape index (κ2) is 5.87. The van der Waals surface area contributed by atoms with Gasteiger partial charge in [-0.3, -0.25) is 4.79 Å². The molecule has 1 amide bonds. The summed E-state index contributed by atoms with van der Waals surface area (Å²) in [6, 6.07) is 2.95. The van der Waals surface area contributed by atoms with Gasteiger partial charge in [-0.2, -0.15) is 0 Å². The number of hydrogen-bond acceptors (Lipinski definition) is 3. The summed E-state index contributed by atoms with van der Waals surface area (Å²) in [4.78, 5) is 15.8. The van der Waals surface area contributed by atoms with Gasteiger partial charge in [-0.1, -0.05) is 23.2 Å². The number of hydrogen-bond donors (Lipinski definition) is 1. The van der Waals surface area contributed by atoms with Crippen LogP contribution in [0.4, 0.5) is 0 Å². The summed E-state index contributed by atoms with van der Waals surface area (Å²) in [5, 5.41) is 3.30. The molecule has 0 saturated carbocycles. The van der Waals surface area contributed by atoms with E-state index in [1.54, 1.807) is 0 Å². The minimum atomic E-state index is -0.218. The van der Waals surface area contributed by atoms with Crippen molar-refractivity contribution >= 4 is 29.1 Å². The Bertz CT molecular complexity index is 427. The Kier molecular flexibility index (Phi) is 4.43. The van der Waals surface area contributed by atoms with E-state index < -0.39 is 0 Å². The van der Waals surface area contributed by atoms with Crippen molar-refractivity contribution in [2.75, 3.05) is 6.61 Å². The fourth-order valence-corrected chi connectivity index (χ4v) is 2.44. The van der Waals surface area contributed by atoms with Gasteiger partial charge in [-0.05, 0) is 31.9 Å². The minimum Gasteiger partial charge on any atom is -0.376 e. The third-order valence-corrected chi connectivity index (χ3v) is 3.29. The number of nitrogens with zero attached hydrogens (tertiary/aromatic N) is 1. The van der Waals surface area contributed by atoms with Crippen LogP contribution in [0.15, 0.2) is 12.1 Å². The monoisotopic (exact) mass is 288 g/mol. The van der Waals surface area contributed by atoms with Crippen LogP contribution in [0.3, 0.4) is 0 Å². The highest BCUT2D eigenvalue weighted by molar-refractivity contribution is 6.33. The zero-order valence-corrected chi connectivity index (χ0v) is 11.5. The van der Waals surface area contributed by atoms with E-state index >= 15 is 0 Å². The molecule has 0 aromatic carbocycles. The van der Waals surface area contributed by atoms with Gasteiger partial charge in [0.05, 0.1) is 12.1 Å². The van der Waals surface area contributed by atoms with Gasteiger partial charge in [0.2, 0.25) is 0 Å². The highest BCUT2D eigenvalue weighted by atomic mass is 35.5. The zero-order chi connectivity index (χ0) is 13.1. The van der Waals surface area contributed by atoms with Gasteiger partial charge in [-0.15, -0.1) is 0 Å². The van der Waals surface area contributed by atoms with E-state index in [1.165, 1.54) is 12.1 Å². The van der Waals surface area contributed by atoms with E-state index in [0.29, 0.717) is 5.56 Å². The molecule has 0 unspecified atom stereocenters. The number of nitrogens with one attached hydrogen (secondary N) is 1. The summed E-state index contributed by atoms with van der Waals surface area (Å²) < 4.78 is 5.52. The van der Waals surface area contributed by atoms with Crippen LogP contribution < -0.4 is 5.32 Å². The maximum atomic E-state index is 12.0. The molecule has 98 valence electrons. The lowest BCUT2D eigenvalue weighted by molar-refractivity contribution is 0.0712. The molecule has 0 radical (unpaired) electrons. The predicted octanol–water partition coefficient (Wildman–Crippen LogP) is 2.69. The first-order chi connectivity index (χ1) is 8.56. The van der Waals surface area contributed by atoms with E-state index in [1.807, 2.05) is 6.92 Å². The molecule has 1 N–H and O–H groups in total. The highest BCUT2D eigenvalue weighted by Crippen LogP contribution is 2.17. The van der Waals surface area contributed by atoms with Gasteiger partial charge in [0.1, 0.15) is 10.3 Å². The Hall–Kier alpha value is -0.840. The Labute approximate surface area is 116 Å². The lowest BCUT2D eigenvalue weighted by Crippen LogP contribution is -2.40. The maximum absolute atomic E-state index is 12.0. The Balaban J connectivity index is 2.02. The van der Waals surface area contributed by atoms with Crippen molar-refractivity contribution in [2.24, 2.45) is 0 Å². The number of carbonyl (C=O) groups is 1. The van der Waals surface area contributed by atoms with Crippen molar-refractivity contribution in [2.45, 2.75) is 31.9 Å². The molecule has 6 heteroatoms. The normalized spacial score (nSPS) is 20.7. The largest absolute Gasteiger partial charge is 0.376 e. The maximum Gasteiger partial charge on any atom is 0.251 e. The molecule has 1 aliphatic heterocycles. The smallest absolute Gasteiger partial charge is 0.251 e. The van der Waals surface area contributed by atoms with Gasteiger partial charge in [-0.25, -0.2) is 4.98 Å². The lowest BCUT2D eigenvalue weighted by atomic mass is 10.1. The van der Waals surface area contributed by atoms with Crippen molar-refractivity contribution in [3.63, 3.8) is 0 Å². The third kappa shape index (κ3) is 3.34. The van der Waals surface area contributed by atoms with Gasteiger partial charge in [0, 0.05) is 12.2 Å². The Morgan fingerprint density at radius 2 is 2.17 bits per heavy atom. The molecule has 2 rings (SSSR count). The molecule has 18 heavy (non-hydrogen) atoms. The molecule has 1 saturated heterocycles. The Morgan fingerprint density at radius 3 is 2.72 bits per heavy atom. The number of pyridine rings is 1. The molecular weight excluding hydrogens is 275 g/mol. The summed E-state index contributed by atoms with van der Waals surface area (Å²) in [6.07, 6.45) is 2.10. The van der Waals surface area contributed by atoms with E-state index in [0.717, 1.165) is 19.4 Å². The van der Waals surface area contributed by atoms with Gasteiger partial charge in [0.25, 0.3) is 5.91 Å². The fourth-order valence-electron chi connectivity index (χ4n) is 1.98. The molecule has 0 spiro atoms. The SMILES string of the molecule is C[C@H](NC(=O)c1cc(Cl)nc(Cl)c1)[C@@H]1CCCO1.